The highest BCUT2D eigenvalue weighted by atomic mass is 127. The van der Waals surface area contributed by atoms with Crippen LogP contribution in [0, 0.1) is 40.9 Å². The second kappa shape index (κ2) is 16.3. The van der Waals surface area contributed by atoms with Gasteiger partial charge < -0.3 is 19.4 Å². The normalized spacial score (nSPS) is 34.7. The summed E-state index contributed by atoms with van der Waals surface area (Å²) in [6.45, 7) is 19.0. The number of cyclic esters (lactones) is 1. The van der Waals surface area contributed by atoms with Crippen LogP contribution >= 0.6 is 22.6 Å². The molecule has 2 bridgehead atoms. The molecule has 4 heterocycles. The van der Waals surface area contributed by atoms with Gasteiger partial charge in [-0.15, -0.1) is 0 Å². The minimum Gasteiger partial charge on any atom is -0.448 e. The van der Waals surface area contributed by atoms with E-state index in [2.05, 4.69) is 41.0 Å². The largest absolute Gasteiger partial charge is 0.448 e. The van der Waals surface area contributed by atoms with Crippen LogP contribution in [0.5, 0.6) is 0 Å². The van der Waals surface area contributed by atoms with Crippen molar-refractivity contribution in [1.82, 2.24) is 14.8 Å². The van der Waals surface area contributed by atoms with Gasteiger partial charge in [-0.25, -0.2) is 14.7 Å². The smallest absolute Gasteiger partial charge is 0.317 e. The molecule has 280 valence electrons. The maximum Gasteiger partial charge on any atom is 0.317 e. The minimum atomic E-state index is -1.58. The predicted molar refractivity (Wildman–Crippen MR) is 203 cm³/mol. The van der Waals surface area contributed by atoms with Crippen LogP contribution in [0.2, 0.25) is 0 Å². The fraction of sp³-hybridized carbons (Fsp3) is 0.658. The standard InChI is InChI=1S/C38H54IN5O7/c1-22-18-37(9)33(36(6,7)8)24(3)32(46)25(4)34(47)51-35(39)38(10,48)29(23(2)31(22)42-26(5)45)14-13-28(21-49-37)43-50-20-27-12-15-30(40-19-27)44-17-11-16-41-44/h11-12,15-17,19,22-25,29,33,35,48H,13-14,18,20-21H2,1-10H3/b42-31?,43-28+/t22-,23-,24+,25-,29-,33+,35+,37-,38+/m1/s1. The van der Waals surface area contributed by atoms with Gasteiger partial charge in [0, 0.05) is 54.5 Å². The molecule has 2 aromatic heterocycles. The zero-order valence-corrected chi connectivity index (χ0v) is 33.7. The number of rotatable bonds is 4. The second-order valence-corrected chi connectivity index (χ2v) is 17.0. The summed E-state index contributed by atoms with van der Waals surface area (Å²) in [5, 5.41) is 21.0. The highest BCUT2D eigenvalue weighted by Gasteiger charge is 2.52. The number of esters is 1. The number of amides is 1. The Kier molecular flexibility index (Phi) is 13.0. The van der Waals surface area contributed by atoms with Crippen LogP contribution in [0.4, 0.5) is 0 Å². The minimum absolute atomic E-state index is 0.105. The third-order valence-electron chi connectivity index (χ3n) is 10.6. The summed E-state index contributed by atoms with van der Waals surface area (Å²) in [7, 11) is 0. The number of carbonyl (C=O) groups excluding carboxylic acids is 3. The lowest BCUT2D eigenvalue weighted by molar-refractivity contribution is -0.167. The quantitative estimate of drug-likeness (QED) is 0.119. The van der Waals surface area contributed by atoms with E-state index >= 15 is 0 Å². The number of pyridine rings is 1. The molecule has 0 unspecified atom stereocenters. The van der Waals surface area contributed by atoms with E-state index in [1.165, 1.54) is 6.92 Å². The molecule has 1 N–H and O–H groups in total. The summed E-state index contributed by atoms with van der Waals surface area (Å²) in [6, 6.07) is 5.58. The number of Topliss-reactive ketones (excluding diaryl/α,β-unsaturated/α-hetero) is 1. The Bertz CT molecular complexity index is 1600. The van der Waals surface area contributed by atoms with Crippen molar-refractivity contribution in [1.29, 1.82) is 0 Å². The van der Waals surface area contributed by atoms with Gasteiger partial charge in [-0.1, -0.05) is 52.8 Å². The fourth-order valence-electron chi connectivity index (χ4n) is 8.40. The Labute approximate surface area is 315 Å². The molecule has 4 rings (SSSR count). The van der Waals surface area contributed by atoms with E-state index in [0.29, 0.717) is 36.5 Å². The number of fused-ring (bicyclic) bond motifs is 5. The first-order valence-electron chi connectivity index (χ1n) is 17.7. The number of alkyl halides is 1. The van der Waals surface area contributed by atoms with Gasteiger partial charge in [0.1, 0.15) is 23.9 Å². The SMILES string of the molecule is CC(=O)N=C1[C@H](C)C[C@@]2(C)OC/C(=N/OCc3ccc(-n4cccn4)nc3)CC[C@H]([C@H]1C)[C@](C)(O)[C@@H](I)OC(=O)[C@H](C)C(=O)[C@H](C)[C@H]2C(C)(C)C. The second-order valence-electron chi connectivity index (χ2n) is 15.8. The molecule has 2 aromatic rings. The number of ketones is 1. The number of carbonyl (C=O) groups is 3. The van der Waals surface area contributed by atoms with Crippen molar-refractivity contribution in [3.05, 3.63) is 42.4 Å². The number of hydrogen-bond donors (Lipinski definition) is 1. The summed E-state index contributed by atoms with van der Waals surface area (Å²) in [6.07, 6.45) is 6.41. The molecule has 0 radical (unpaired) electrons. The third-order valence-corrected chi connectivity index (χ3v) is 12.1. The zero-order chi connectivity index (χ0) is 37.9. The molecule has 9 atom stereocenters. The molecule has 51 heavy (non-hydrogen) atoms. The average Bonchev–Trinajstić information content (AvgIpc) is 3.58. The molecule has 0 saturated carbocycles. The van der Waals surface area contributed by atoms with Crippen LogP contribution in [0.3, 0.4) is 0 Å². The Hall–Kier alpha value is -3.04. The Morgan fingerprint density at radius 1 is 1.16 bits per heavy atom. The maximum atomic E-state index is 14.1. The lowest BCUT2D eigenvalue weighted by Gasteiger charge is -2.49. The van der Waals surface area contributed by atoms with Crippen LogP contribution in [0.15, 0.2) is 46.9 Å². The van der Waals surface area contributed by atoms with E-state index in [1.807, 2.05) is 74.7 Å². The average molecular weight is 820 g/mol. The van der Waals surface area contributed by atoms with E-state index in [0.717, 1.165) is 5.56 Å². The van der Waals surface area contributed by atoms with Crippen LogP contribution in [-0.2, 0) is 35.3 Å². The van der Waals surface area contributed by atoms with E-state index in [9.17, 15) is 19.5 Å². The molecule has 13 heteroatoms. The monoisotopic (exact) mass is 819 g/mol. The predicted octanol–water partition coefficient (Wildman–Crippen LogP) is 6.55. The van der Waals surface area contributed by atoms with Crippen LogP contribution < -0.4 is 0 Å². The van der Waals surface area contributed by atoms with Gasteiger partial charge >= 0.3 is 5.97 Å². The molecule has 2 saturated heterocycles. The van der Waals surface area contributed by atoms with Crippen LogP contribution in [-0.4, -0.2) is 70.9 Å². The Balaban J connectivity index is 1.83. The van der Waals surface area contributed by atoms with E-state index in [1.54, 1.807) is 30.9 Å². The van der Waals surface area contributed by atoms with Gasteiger partial charge in [0.25, 0.3) is 0 Å². The van der Waals surface area contributed by atoms with E-state index in [4.69, 9.17) is 14.3 Å². The van der Waals surface area contributed by atoms with Gasteiger partial charge in [0.05, 0.1) is 17.9 Å². The van der Waals surface area contributed by atoms with Crippen LogP contribution in [0.1, 0.15) is 94.1 Å². The van der Waals surface area contributed by atoms with Crippen molar-refractivity contribution in [2.45, 2.75) is 110 Å². The molecule has 0 aromatic carbocycles. The summed E-state index contributed by atoms with van der Waals surface area (Å²) in [4.78, 5) is 55.2. The third kappa shape index (κ3) is 9.50. The molecule has 0 aliphatic carbocycles. The van der Waals surface area contributed by atoms with Crippen molar-refractivity contribution in [2.75, 3.05) is 6.61 Å². The number of nitrogens with zero attached hydrogens (tertiary/aromatic N) is 5. The molecule has 2 fully saturated rings. The molecule has 0 spiro atoms. The number of ether oxygens (including phenoxy) is 2. The molecular weight excluding hydrogens is 765 g/mol. The Morgan fingerprint density at radius 2 is 1.86 bits per heavy atom. The molecule has 12 nitrogen and oxygen atoms in total. The summed E-state index contributed by atoms with van der Waals surface area (Å²) in [5.74, 6) is -3.84. The number of aromatic nitrogens is 3. The number of aliphatic hydroxyl groups is 1. The molecular formula is C38H54IN5O7. The number of aliphatic imine (C=N–C) groups is 1. The van der Waals surface area contributed by atoms with Crippen molar-refractivity contribution in [3.8, 4) is 5.82 Å². The van der Waals surface area contributed by atoms with Gasteiger partial charge in [-0.2, -0.15) is 5.10 Å². The van der Waals surface area contributed by atoms with Crippen molar-refractivity contribution in [2.24, 2.45) is 51.1 Å². The first-order valence-corrected chi connectivity index (χ1v) is 19.0. The lowest BCUT2D eigenvalue weighted by Crippen LogP contribution is -2.54. The van der Waals surface area contributed by atoms with Crippen LogP contribution in [0.25, 0.3) is 5.82 Å². The maximum absolute atomic E-state index is 14.1. The van der Waals surface area contributed by atoms with Crippen molar-refractivity contribution < 1.29 is 33.8 Å². The number of hydrogen-bond acceptors (Lipinski definition) is 10. The van der Waals surface area contributed by atoms with Crippen molar-refractivity contribution in [3.63, 3.8) is 0 Å². The highest BCUT2D eigenvalue weighted by molar-refractivity contribution is 14.1. The summed E-state index contributed by atoms with van der Waals surface area (Å²) in [5.41, 5.74) is -0.906. The zero-order valence-electron chi connectivity index (χ0n) is 31.6. The molecule has 2 aliphatic rings. The lowest BCUT2D eigenvalue weighted by atomic mass is 9.61. The first kappa shape index (κ1) is 40.7. The van der Waals surface area contributed by atoms with Gasteiger partial charge in [0.15, 0.2) is 9.93 Å². The van der Waals surface area contributed by atoms with Gasteiger partial charge in [0.2, 0.25) is 5.91 Å². The van der Waals surface area contributed by atoms with Crippen molar-refractivity contribution >= 4 is 51.7 Å². The Morgan fingerprint density at radius 3 is 2.45 bits per heavy atom. The first-order chi connectivity index (χ1) is 23.8. The van der Waals surface area contributed by atoms with Gasteiger partial charge in [-0.05, 0) is 92.0 Å². The molecule has 1 amide bonds. The fourth-order valence-corrected chi connectivity index (χ4v) is 9.11. The topological polar surface area (TPSA) is 155 Å². The summed E-state index contributed by atoms with van der Waals surface area (Å²) >= 11 is 1.94. The number of halogens is 1. The summed E-state index contributed by atoms with van der Waals surface area (Å²) < 4.78 is 13.5. The van der Waals surface area contributed by atoms with E-state index in [-0.39, 0.29) is 36.7 Å². The highest BCUT2D eigenvalue weighted by Crippen LogP contribution is 2.48. The van der Waals surface area contributed by atoms with Gasteiger partial charge in [-0.3, -0.25) is 14.4 Å². The number of oxime groups is 1. The molecule has 2 aliphatic heterocycles. The van der Waals surface area contributed by atoms with E-state index < -0.39 is 50.4 Å².